The van der Waals surface area contributed by atoms with Crippen molar-refractivity contribution >= 4 is 28.6 Å². The van der Waals surface area contributed by atoms with Crippen molar-refractivity contribution in [3.8, 4) is 6.07 Å². The van der Waals surface area contributed by atoms with Gasteiger partial charge in [0.1, 0.15) is 11.1 Å². The van der Waals surface area contributed by atoms with Crippen LogP contribution in [0.4, 0.5) is 0 Å². The zero-order valence-corrected chi connectivity index (χ0v) is 16.4. The highest BCUT2D eigenvalue weighted by atomic mass is 32.2. The van der Waals surface area contributed by atoms with Crippen LogP contribution >= 0.6 is 11.8 Å². The first-order valence-electron chi connectivity index (χ1n) is 9.22. The van der Waals surface area contributed by atoms with E-state index in [1.807, 2.05) is 26.0 Å². The number of nitriles is 1. The van der Waals surface area contributed by atoms with Gasteiger partial charge in [0, 0.05) is 11.4 Å². The molecule has 1 amide bonds. The predicted molar refractivity (Wildman–Crippen MR) is 106 cm³/mol. The van der Waals surface area contributed by atoms with E-state index >= 15 is 0 Å². The van der Waals surface area contributed by atoms with Crippen molar-refractivity contribution < 1.29 is 4.79 Å². The quantitative estimate of drug-likeness (QED) is 0.808. The Morgan fingerprint density at radius 3 is 2.81 bits per heavy atom. The first-order valence-corrected chi connectivity index (χ1v) is 10.2. The van der Waals surface area contributed by atoms with Gasteiger partial charge in [-0.25, -0.2) is 4.98 Å². The molecule has 0 aliphatic heterocycles. The molecule has 0 unspecified atom stereocenters. The van der Waals surface area contributed by atoms with Crippen LogP contribution in [0.25, 0.3) is 10.9 Å². The van der Waals surface area contributed by atoms with E-state index < -0.39 is 0 Å². The molecule has 0 saturated heterocycles. The number of benzene rings is 1. The molecule has 1 N–H and O–H groups in total. The number of carbonyl (C=O) groups is 1. The summed E-state index contributed by atoms with van der Waals surface area (Å²) in [5.41, 5.74) is 3.68. The minimum absolute atomic E-state index is 0.0277. The largest absolute Gasteiger partial charge is 0.352 e. The summed E-state index contributed by atoms with van der Waals surface area (Å²) in [6.07, 6.45) is 4.69. The fraction of sp³-hybridized carbons (Fsp3) is 0.476. The molecular formula is C21H25N3OS. The van der Waals surface area contributed by atoms with Gasteiger partial charge in [-0.15, -0.1) is 0 Å². The fourth-order valence-corrected chi connectivity index (χ4v) is 4.49. The molecule has 1 fully saturated rings. The van der Waals surface area contributed by atoms with Crippen LogP contribution in [-0.4, -0.2) is 22.7 Å². The van der Waals surface area contributed by atoms with Crippen LogP contribution in [0.15, 0.2) is 23.2 Å². The van der Waals surface area contributed by atoms with Crippen LogP contribution < -0.4 is 5.32 Å². The summed E-state index contributed by atoms with van der Waals surface area (Å²) in [7, 11) is 0. The van der Waals surface area contributed by atoms with E-state index in [1.54, 1.807) is 0 Å². The Hall–Kier alpha value is -2.06. The average molecular weight is 368 g/mol. The second-order valence-electron chi connectivity index (χ2n) is 7.33. The van der Waals surface area contributed by atoms with Crippen molar-refractivity contribution in [1.82, 2.24) is 10.3 Å². The van der Waals surface area contributed by atoms with Crippen molar-refractivity contribution in [3.63, 3.8) is 0 Å². The second kappa shape index (κ2) is 8.09. The third-order valence-corrected chi connectivity index (χ3v) is 6.16. The van der Waals surface area contributed by atoms with Crippen LogP contribution in [0.3, 0.4) is 0 Å². The van der Waals surface area contributed by atoms with Gasteiger partial charge in [-0.2, -0.15) is 5.26 Å². The maximum absolute atomic E-state index is 12.4. The molecule has 1 heterocycles. The molecule has 0 bridgehead atoms. The number of nitrogens with one attached hydrogen (secondary N) is 1. The van der Waals surface area contributed by atoms with Gasteiger partial charge >= 0.3 is 0 Å². The van der Waals surface area contributed by atoms with Crippen LogP contribution in [-0.2, 0) is 4.79 Å². The second-order valence-corrected chi connectivity index (χ2v) is 8.29. The Balaban J connectivity index is 1.73. The molecule has 136 valence electrons. The number of nitrogens with zero attached hydrogens (tertiary/aromatic N) is 2. The molecule has 1 aliphatic carbocycles. The van der Waals surface area contributed by atoms with Crippen molar-refractivity contribution in [2.24, 2.45) is 5.92 Å². The minimum Gasteiger partial charge on any atom is -0.352 e. The normalized spacial score (nSPS) is 19.9. The van der Waals surface area contributed by atoms with Crippen LogP contribution in [0, 0.1) is 31.1 Å². The van der Waals surface area contributed by atoms with Crippen molar-refractivity contribution in [2.45, 2.75) is 57.5 Å². The van der Waals surface area contributed by atoms with Crippen molar-refractivity contribution in [2.75, 3.05) is 5.75 Å². The van der Waals surface area contributed by atoms with Gasteiger partial charge in [0.05, 0.1) is 16.8 Å². The van der Waals surface area contributed by atoms with Gasteiger partial charge in [-0.1, -0.05) is 37.6 Å². The molecule has 0 radical (unpaired) electrons. The third kappa shape index (κ3) is 4.19. The summed E-state index contributed by atoms with van der Waals surface area (Å²) >= 11 is 1.35. The van der Waals surface area contributed by atoms with E-state index in [1.165, 1.54) is 31.0 Å². The molecular weight excluding hydrogens is 342 g/mol. The number of thioether (sulfide) groups is 1. The van der Waals surface area contributed by atoms with Gasteiger partial charge in [-0.05, 0) is 55.9 Å². The van der Waals surface area contributed by atoms with Crippen molar-refractivity contribution in [3.05, 3.63) is 34.9 Å². The summed E-state index contributed by atoms with van der Waals surface area (Å²) < 4.78 is 0. The highest BCUT2D eigenvalue weighted by Gasteiger charge is 2.23. The fourth-order valence-electron chi connectivity index (χ4n) is 3.72. The summed E-state index contributed by atoms with van der Waals surface area (Å²) in [4.78, 5) is 17.0. The minimum atomic E-state index is 0.0277. The zero-order valence-electron chi connectivity index (χ0n) is 15.6. The molecule has 4 nitrogen and oxygen atoms in total. The lowest BCUT2D eigenvalue weighted by molar-refractivity contribution is -0.119. The molecule has 3 rings (SSSR count). The maximum Gasteiger partial charge on any atom is 0.230 e. The number of rotatable bonds is 4. The molecule has 2 aromatic rings. The number of hydrogen-bond acceptors (Lipinski definition) is 4. The lowest BCUT2D eigenvalue weighted by Crippen LogP contribution is -2.41. The predicted octanol–water partition coefficient (Wildman–Crippen LogP) is 4.51. The third-order valence-electron chi connectivity index (χ3n) is 5.17. The van der Waals surface area contributed by atoms with Gasteiger partial charge in [0.25, 0.3) is 0 Å². The molecule has 0 spiro atoms. The molecule has 2 atom stereocenters. The first-order chi connectivity index (χ1) is 12.5. The van der Waals surface area contributed by atoms with E-state index in [-0.39, 0.29) is 11.9 Å². The summed E-state index contributed by atoms with van der Waals surface area (Å²) in [6.45, 7) is 6.28. The molecule has 1 aromatic carbocycles. The van der Waals surface area contributed by atoms with Crippen LogP contribution in [0.5, 0.6) is 0 Å². The molecule has 26 heavy (non-hydrogen) atoms. The van der Waals surface area contributed by atoms with Crippen LogP contribution in [0.1, 0.15) is 49.3 Å². The SMILES string of the molecule is Cc1cc(C)c2cc(C#N)c(SCC(=O)N[C@H]3CCCC[C@H]3C)nc2c1. The molecule has 5 heteroatoms. The van der Waals surface area contributed by atoms with Gasteiger partial charge in [-0.3, -0.25) is 4.79 Å². The number of aromatic nitrogens is 1. The standard InChI is InChI=1S/C21H25N3OS/c1-13-8-15(3)17-10-16(11-22)21(24-19(17)9-13)26-12-20(25)23-18-7-5-4-6-14(18)2/h8-10,14,18H,4-7,12H2,1-3H3,(H,23,25)/t14-,18+/m1/s1. The average Bonchev–Trinajstić information content (AvgIpc) is 2.61. The first kappa shape index (κ1) is 18.7. The van der Waals surface area contributed by atoms with Crippen LogP contribution in [0.2, 0.25) is 0 Å². The molecule has 1 saturated carbocycles. The Bertz CT molecular complexity index is 872. The van der Waals surface area contributed by atoms with E-state index in [0.717, 1.165) is 28.5 Å². The number of fused-ring (bicyclic) bond motifs is 1. The summed E-state index contributed by atoms with van der Waals surface area (Å²) in [5, 5.41) is 14.3. The topological polar surface area (TPSA) is 65.8 Å². The molecule has 1 aromatic heterocycles. The monoisotopic (exact) mass is 367 g/mol. The van der Waals surface area contributed by atoms with Crippen molar-refractivity contribution in [1.29, 1.82) is 5.26 Å². The Kier molecular flexibility index (Phi) is 5.83. The number of aryl methyl sites for hydroxylation is 2. The van der Waals surface area contributed by atoms with E-state index in [9.17, 15) is 10.1 Å². The maximum atomic E-state index is 12.4. The Labute approximate surface area is 159 Å². The van der Waals surface area contributed by atoms with E-state index in [4.69, 9.17) is 0 Å². The van der Waals surface area contributed by atoms with E-state index in [2.05, 4.69) is 29.4 Å². The number of carbonyl (C=O) groups excluding carboxylic acids is 1. The highest BCUT2D eigenvalue weighted by Crippen LogP contribution is 2.28. The summed E-state index contributed by atoms with van der Waals surface area (Å²) in [6, 6.07) is 8.52. The Morgan fingerprint density at radius 1 is 1.31 bits per heavy atom. The van der Waals surface area contributed by atoms with Gasteiger partial charge in [0.15, 0.2) is 0 Å². The zero-order chi connectivity index (χ0) is 18.7. The van der Waals surface area contributed by atoms with Gasteiger partial charge < -0.3 is 5.32 Å². The lowest BCUT2D eigenvalue weighted by Gasteiger charge is -2.29. The smallest absolute Gasteiger partial charge is 0.230 e. The van der Waals surface area contributed by atoms with Gasteiger partial charge in [0.2, 0.25) is 5.91 Å². The van der Waals surface area contributed by atoms with E-state index in [0.29, 0.717) is 22.3 Å². The summed E-state index contributed by atoms with van der Waals surface area (Å²) in [5.74, 6) is 0.860. The Morgan fingerprint density at radius 2 is 2.08 bits per heavy atom. The lowest BCUT2D eigenvalue weighted by atomic mass is 9.86. The number of amides is 1. The number of hydrogen-bond donors (Lipinski definition) is 1. The molecule has 1 aliphatic rings. The number of pyridine rings is 1. The highest BCUT2D eigenvalue weighted by molar-refractivity contribution is 8.00.